The maximum atomic E-state index is 13.5. The van der Waals surface area contributed by atoms with Crippen molar-refractivity contribution in [1.29, 1.82) is 0 Å². The fourth-order valence-electron chi connectivity index (χ4n) is 3.46. The first kappa shape index (κ1) is 17.9. The van der Waals surface area contributed by atoms with Gasteiger partial charge in [-0.2, -0.15) is 0 Å². The molecule has 0 spiro atoms. The SMILES string of the molecule is Cc1ccc2c(c1)-c1c(ssc1=S)C(C)(C)N2C(=O)c1ccccc1Cl. The second-order valence-corrected chi connectivity index (χ2v) is 10.1. The summed E-state index contributed by atoms with van der Waals surface area (Å²) in [7, 11) is 3.26. The van der Waals surface area contributed by atoms with Gasteiger partial charge < -0.3 is 0 Å². The standard InChI is InChI=1S/C20H16ClNOS3/c1-11-8-9-15-13(10-11)16-17(25-26-19(16)24)20(2,3)22(15)18(23)12-6-4-5-7-14(12)21/h4-10H,1-3H3. The molecule has 4 rings (SSSR count). The first-order valence-electron chi connectivity index (χ1n) is 8.16. The summed E-state index contributed by atoms with van der Waals surface area (Å²) in [6, 6.07) is 13.4. The summed E-state index contributed by atoms with van der Waals surface area (Å²) >= 11 is 11.9. The van der Waals surface area contributed by atoms with Crippen LogP contribution in [0.2, 0.25) is 5.02 Å². The molecule has 0 radical (unpaired) electrons. The van der Waals surface area contributed by atoms with Gasteiger partial charge in [-0.15, -0.1) is 0 Å². The van der Waals surface area contributed by atoms with Crippen LogP contribution in [0, 0.1) is 10.7 Å². The Bertz CT molecular complexity index is 1100. The van der Waals surface area contributed by atoms with Crippen LogP contribution in [0.3, 0.4) is 0 Å². The molecule has 0 atom stereocenters. The van der Waals surface area contributed by atoms with Crippen LogP contribution in [0.1, 0.15) is 34.6 Å². The summed E-state index contributed by atoms with van der Waals surface area (Å²) in [6.45, 7) is 6.20. The molecular weight excluding hydrogens is 402 g/mol. The van der Waals surface area contributed by atoms with E-state index in [2.05, 4.69) is 26.8 Å². The Kier molecular flexibility index (Phi) is 4.31. The van der Waals surface area contributed by atoms with Gasteiger partial charge >= 0.3 is 0 Å². The lowest BCUT2D eigenvalue weighted by Gasteiger charge is -2.43. The first-order chi connectivity index (χ1) is 12.3. The van der Waals surface area contributed by atoms with Crippen molar-refractivity contribution in [2.24, 2.45) is 0 Å². The fourth-order valence-corrected chi connectivity index (χ4v) is 6.96. The van der Waals surface area contributed by atoms with Crippen LogP contribution in [0.25, 0.3) is 11.1 Å². The molecule has 2 aromatic carbocycles. The summed E-state index contributed by atoms with van der Waals surface area (Å²) in [5.41, 5.74) is 4.16. The molecule has 26 heavy (non-hydrogen) atoms. The minimum Gasteiger partial charge on any atom is -0.297 e. The maximum Gasteiger partial charge on any atom is 0.260 e. The molecule has 0 N–H and O–H groups in total. The second-order valence-electron chi connectivity index (χ2n) is 6.86. The lowest BCUT2D eigenvalue weighted by atomic mass is 9.86. The van der Waals surface area contributed by atoms with Gasteiger partial charge in [-0.05, 0) is 45.0 Å². The predicted octanol–water partition coefficient (Wildman–Crippen LogP) is 7.06. The molecule has 1 aromatic heterocycles. The van der Waals surface area contributed by atoms with Crippen molar-refractivity contribution in [3.05, 3.63) is 67.3 Å². The highest BCUT2D eigenvalue weighted by atomic mass is 35.5. The normalized spacial score (nSPS) is 14.7. The summed E-state index contributed by atoms with van der Waals surface area (Å²) < 4.78 is 0.884. The molecule has 1 aliphatic heterocycles. The number of hydrogen-bond donors (Lipinski definition) is 0. The van der Waals surface area contributed by atoms with Crippen molar-refractivity contribution in [3.8, 4) is 11.1 Å². The zero-order valence-electron chi connectivity index (χ0n) is 14.5. The van der Waals surface area contributed by atoms with E-state index in [1.807, 2.05) is 29.2 Å². The second kappa shape index (κ2) is 6.27. The number of amides is 1. The molecule has 0 unspecified atom stereocenters. The zero-order valence-corrected chi connectivity index (χ0v) is 17.7. The first-order valence-corrected chi connectivity index (χ1v) is 11.1. The molecule has 0 saturated carbocycles. The zero-order chi connectivity index (χ0) is 18.6. The van der Waals surface area contributed by atoms with Crippen LogP contribution in [0.4, 0.5) is 5.69 Å². The average molecular weight is 418 g/mol. The third-order valence-corrected chi connectivity index (χ3v) is 8.38. The van der Waals surface area contributed by atoms with Crippen LogP contribution >= 0.6 is 44.5 Å². The third-order valence-electron chi connectivity index (χ3n) is 4.72. The number of aryl methyl sites for hydroxylation is 1. The highest BCUT2D eigenvalue weighted by molar-refractivity contribution is 7.80. The molecule has 2 heterocycles. The minimum absolute atomic E-state index is 0.0966. The van der Waals surface area contributed by atoms with E-state index in [9.17, 15) is 4.79 Å². The molecule has 1 aliphatic rings. The van der Waals surface area contributed by atoms with Gasteiger partial charge in [0.1, 0.15) is 3.82 Å². The lowest BCUT2D eigenvalue weighted by molar-refractivity contribution is 0.0962. The van der Waals surface area contributed by atoms with Gasteiger partial charge in [-0.25, -0.2) is 0 Å². The Morgan fingerprint density at radius 3 is 2.62 bits per heavy atom. The van der Waals surface area contributed by atoms with E-state index in [0.717, 1.165) is 31.1 Å². The van der Waals surface area contributed by atoms with Gasteiger partial charge in [-0.1, -0.05) is 68.3 Å². The Morgan fingerprint density at radius 2 is 1.88 bits per heavy atom. The van der Waals surface area contributed by atoms with Gasteiger partial charge in [0.15, 0.2) is 0 Å². The summed E-state index contributed by atoms with van der Waals surface area (Å²) in [5, 5.41) is 0.464. The molecule has 2 nitrogen and oxygen atoms in total. The van der Waals surface area contributed by atoms with Crippen LogP contribution < -0.4 is 4.90 Å². The molecule has 6 heteroatoms. The fraction of sp³-hybridized carbons (Fsp3) is 0.200. The number of benzene rings is 2. The molecule has 0 aliphatic carbocycles. The molecule has 0 fully saturated rings. The number of carbonyl (C=O) groups excluding carboxylic acids is 1. The molecule has 0 saturated heterocycles. The number of halogens is 1. The van der Waals surface area contributed by atoms with Crippen LogP contribution in [-0.2, 0) is 5.54 Å². The number of nitrogens with zero attached hydrogens (tertiary/aromatic N) is 1. The molecule has 1 amide bonds. The van der Waals surface area contributed by atoms with Gasteiger partial charge in [0, 0.05) is 11.1 Å². The van der Waals surface area contributed by atoms with Gasteiger partial charge in [0.05, 0.1) is 26.7 Å². The number of hydrogen-bond acceptors (Lipinski definition) is 4. The number of fused-ring (bicyclic) bond motifs is 3. The Labute approximate surface area is 170 Å². The highest BCUT2D eigenvalue weighted by Crippen LogP contribution is 2.52. The predicted molar refractivity (Wildman–Crippen MR) is 114 cm³/mol. The van der Waals surface area contributed by atoms with Crippen molar-refractivity contribution < 1.29 is 4.79 Å². The number of rotatable bonds is 1. The van der Waals surface area contributed by atoms with Crippen LogP contribution in [0.5, 0.6) is 0 Å². The summed E-state index contributed by atoms with van der Waals surface area (Å²) in [5.74, 6) is -0.0966. The largest absolute Gasteiger partial charge is 0.297 e. The van der Waals surface area contributed by atoms with E-state index in [1.165, 1.54) is 0 Å². The summed E-state index contributed by atoms with van der Waals surface area (Å²) in [4.78, 5) is 16.5. The van der Waals surface area contributed by atoms with Crippen molar-refractivity contribution >= 4 is 56.1 Å². The Balaban J connectivity index is 2.01. The lowest BCUT2D eigenvalue weighted by Crippen LogP contribution is -2.47. The third kappa shape index (κ3) is 2.57. The van der Waals surface area contributed by atoms with Crippen molar-refractivity contribution in [3.63, 3.8) is 0 Å². The van der Waals surface area contributed by atoms with E-state index in [1.54, 1.807) is 32.8 Å². The molecule has 0 bridgehead atoms. The summed E-state index contributed by atoms with van der Waals surface area (Å²) in [6.07, 6.45) is 0. The van der Waals surface area contributed by atoms with E-state index < -0.39 is 5.54 Å². The Morgan fingerprint density at radius 1 is 1.15 bits per heavy atom. The van der Waals surface area contributed by atoms with E-state index in [-0.39, 0.29) is 5.91 Å². The smallest absolute Gasteiger partial charge is 0.260 e. The molecular formula is C20H16ClNOS3. The van der Waals surface area contributed by atoms with Gasteiger partial charge in [0.2, 0.25) is 0 Å². The van der Waals surface area contributed by atoms with Crippen molar-refractivity contribution in [2.45, 2.75) is 26.3 Å². The van der Waals surface area contributed by atoms with E-state index in [0.29, 0.717) is 10.6 Å². The number of anilines is 1. The van der Waals surface area contributed by atoms with Gasteiger partial charge in [0.25, 0.3) is 5.91 Å². The van der Waals surface area contributed by atoms with Crippen molar-refractivity contribution in [2.75, 3.05) is 4.90 Å². The topological polar surface area (TPSA) is 20.3 Å². The quantitative estimate of drug-likeness (QED) is 0.312. The van der Waals surface area contributed by atoms with E-state index >= 15 is 0 Å². The van der Waals surface area contributed by atoms with Crippen molar-refractivity contribution in [1.82, 2.24) is 0 Å². The van der Waals surface area contributed by atoms with Crippen LogP contribution in [0.15, 0.2) is 42.5 Å². The maximum absolute atomic E-state index is 13.5. The number of carbonyl (C=O) groups is 1. The Hall–Kier alpha value is -1.53. The monoisotopic (exact) mass is 417 g/mol. The average Bonchev–Trinajstić information content (AvgIpc) is 2.98. The minimum atomic E-state index is -0.508. The van der Waals surface area contributed by atoms with Gasteiger partial charge in [-0.3, -0.25) is 9.69 Å². The molecule has 3 aromatic rings. The van der Waals surface area contributed by atoms with Crippen LogP contribution in [-0.4, -0.2) is 5.91 Å². The van der Waals surface area contributed by atoms with E-state index in [4.69, 9.17) is 23.8 Å². The molecule has 132 valence electrons. The highest BCUT2D eigenvalue weighted by Gasteiger charge is 2.43.